The van der Waals surface area contributed by atoms with Crippen LogP contribution in [0.3, 0.4) is 0 Å². The van der Waals surface area contributed by atoms with Crippen LogP contribution in [0.5, 0.6) is 0 Å². The summed E-state index contributed by atoms with van der Waals surface area (Å²) in [6.45, 7) is 0.486. The van der Waals surface area contributed by atoms with Crippen molar-refractivity contribution in [3.05, 3.63) is 53.9 Å². The summed E-state index contributed by atoms with van der Waals surface area (Å²) in [4.78, 5) is 19.3. The second-order valence-electron chi connectivity index (χ2n) is 4.18. The highest BCUT2D eigenvalue weighted by Crippen LogP contribution is 2.20. The number of benzene rings is 1. The van der Waals surface area contributed by atoms with Crippen LogP contribution in [-0.2, 0) is 6.54 Å². The monoisotopic (exact) mass is 269 g/mol. The van der Waals surface area contributed by atoms with Gasteiger partial charge in [0.25, 0.3) is 6.01 Å². The van der Waals surface area contributed by atoms with E-state index in [4.69, 9.17) is 9.52 Å². The number of rotatable bonds is 4. The minimum absolute atomic E-state index is 0.171. The fraction of sp³-hybridized carbons (Fsp3) is 0.0714. The van der Waals surface area contributed by atoms with Gasteiger partial charge in [0.2, 0.25) is 0 Å². The molecule has 2 heterocycles. The van der Waals surface area contributed by atoms with Crippen LogP contribution in [0.1, 0.15) is 16.1 Å². The summed E-state index contributed by atoms with van der Waals surface area (Å²) in [6.07, 6.45) is 1.71. The van der Waals surface area contributed by atoms with E-state index in [2.05, 4.69) is 15.3 Å². The zero-order valence-electron chi connectivity index (χ0n) is 10.4. The molecule has 100 valence electrons. The third-order valence-electron chi connectivity index (χ3n) is 2.78. The molecule has 0 aliphatic heterocycles. The number of nitrogens with one attached hydrogen (secondary N) is 1. The number of pyridine rings is 1. The lowest BCUT2D eigenvalue weighted by Crippen LogP contribution is -2.00. The second-order valence-corrected chi connectivity index (χ2v) is 4.18. The first-order valence-electron chi connectivity index (χ1n) is 6.00. The van der Waals surface area contributed by atoms with E-state index in [-0.39, 0.29) is 5.56 Å². The molecule has 3 rings (SSSR count). The van der Waals surface area contributed by atoms with Gasteiger partial charge in [-0.15, -0.1) is 0 Å². The van der Waals surface area contributed by atoms with Gasteiger partial charge in [-0.2, -0.15) is 4.98 Å². The Hall–Kier alpha value is -2.89. The van der Waals surface area contributed by atoms with E-state index >= 15 is 0 Å². The Kier molecular flexibility index (Phi) is 3.04. The van der Waals surface area contributed by atoms with Gasteiger partial charge in [-0.3, -0.25) is 4.98 Å². The number of fused-ring (bicyclic) bond motifs is 1. The summed E-state index contributed by atoms with van der Waals surface area (Å²) in [6, 6.07) is 10.5. The first-order valence-corrected chi connectivity index (χ1v) is 6.00. The van der Waals surface area contributed by atoms with Crippen molar-refractivity contribution >= 4 is 23.1 Å². The molecule has 1 aromatic carbocycles. The Morgan fingerprint density at radius 2 is 2.20 bits per heavy atom. The van der Waals surface area contributed by atoms with Crippen molar-refractivity contribution in [2.24, 2.45) is 0 Å². The van der Waals surface area contributed by atoms with Crippen LogP contribution in [0.15, 0.2) is 47.0 Å². The van der Waals surface area contributed by atoms with E-state index < -0.39 is 5.97 Å². The topological polar surface area (TPSA) is 88.2 Å². The van der Waals surface area contributed by atoms with Crippen LogP contribution >= 0.6 is 0 Å². The molecule has 0 saturated carbocycles. The van der Waals surface area contributed by atoms with E-state index in [0.717, 1.165) is 5.69 Å². The Morgan fingerprint density at radius 1 is 1.30 bits per heavy atom. The lowest BCUT2D eigenvalue weighted by atomic mass is 10.2. The van der Waals surface area contributed by atoms with E-state index in [9.17, 15) is 4.79 Å². The summed E-state index contributed by atoms with van der Waals surface area (Å²) in [5, 5.41) is 11.9. The molecule has 3 aromatic rings. The molecule has 0 aliphatic rings. The van der Waals surface area contributed by atoms with Crippen LogP contribution in [0.2, 0.25) is 0 Å². The van der Waals surface area contributed by atoms with Crippen molar-refractivity contribution in [1.29, 1.82) is 0 Å². The number of hydrogen-bond donors (Lipinski definition) is 2. The number of carboxylic acids is 1. The average molecular weight is 269 g/mol. The molecule has 0 saturated heterocycles. The Labute approximate surface area is 114 Å². The maximum atomic E-state index is 10.9. The Morgan fingerprint density at radius 3 is 2.95 bits per heavy atom. The van der Waals surface area contributed by atoms with Gasteiger partial charge in [0.1, 0.15) is 5.52 Å². The summed E-state index contributed by atoms with van der Waals surface area (Å²) < 4.78 is 5.47. The van der Waals surface area contributed by atoms with Gasteiger partial charge in [0.05, 0.1) is 17.8 Å². The SMILES string of the molecule is O=C(O)c1ccc2nc(NCc3ccccn3)oc2c1. The van der Waals surface area contributed by atoms with E-state index in [1.165, 1.54) is 12.1 Å². The molecule has 0 bridgehead atoms. The van der Waals surface area contributed by atoms with Crippen molar-refractivity contribution in [2.45, 2.75) is 6.54 Å². The normalized spacial score (nSPS) is 10.6. The van der Waals surface area contributed by atoms with E-state index in [0.29, 0.717) is 23.7 Å². The molecule has 0 aliphatic carbocycles. The molecule has 6 nitrogen and oxygen atoms in total. The van der Waals surface area contributed by atoms with Gasteiger partial charge in [0.15, 0.2) is 5.58 Å². The number of aromatic nitrogens is 2. The number of anilines is 1. The van der Waals surface area contributed by atoms with Gasteiger partial charge in [-0.05, 0) is 30.3 Å². The predicted molar refractivity (Wildman–Crippen MR) is 72.5 cm³/mol. The Balaban J connectivity index is 1.80. The number of oxazole rings is 1. The first-order chi connectivity index (χ1) is 9.72. The summed E-state index contributed by atoms with van der Waals surface area (Å²) in [7, 11) is 0. The zero-order valence-corrected chi connectivity index (χ0v) is 10.4. The average Bonchev–Trinajstić information content (AvgIpc) is 2.88. The van der Waals surface area contributed by atoms with E-state index in [1.54, 1.807) is 12.3 Å². The van der Waals surface area contributed by atoms with Gasteiger partial charge in [0, 0.05) is 6.20 Å². The molecule has 2 aromatic heterocycles. The summed E-state index contributed by atoms with van der Waals surface area (Å²) in [5.41, 5.74) is 2.08. The van der Waals surface area contributed by atoms with Crippen LogP contribution < -0.4 is 5.32 Å². The molecular weight excluding hydrogens is 258 g/mol. The predicted octanol–water partition coefficient (Wildman–Crippen LogP) is 2.53. The largest absolute Gasteiger partial charge is 0.478 e. The maximum absolute atomic E-state index is 10.9. The molecule has 0 unspecified atom stereocenters. The minimum Gasteiger partial charge on any atom is -0.478 e. The number of aromatic carboxylic acids is 1. The highest BCUT2D eigenvalue weighted by Gasteiger charge is 2.09. The minimum atomic E-state index is -0.994. The molecule has 20 heavy (non-hydrogen) atoms. The van der Waals surface area contributed by atoms with Crippen molar-refractivity contribution in [3.63, 3.8) is 0 Å². The Bertz CT molecular complexity index is 753. The number of nitrogens with zero attached hydrogens (tertiary/aromatic N) is 2. The van der Waals surface area contributed by atoms with Gasteiger partial charge in [-0.25, -0.2) is 4.79 Å². The van der Waals surface area contributed by atoms with E-state index in [1.807, 2.05) is 18.2 Å². The molecule has 0 radical (unpaired) electrons. The third-order valence-corrected chi connectivity index (χ3v) is 2.78. The third kappa shape index (κ3) is 2.44. The van der Waals surface area contributed by atoms with Crippen molar-refractivity contribution in [1.82, 2.24) is 9.97 Å². The molecular formula is C14H11N3O3. The standard InChI is InChI=1S/C14H11N3O3/c18-13(19)9-4-5-11-12(7-9)20-14(17-11)16-8-10-3-1-2-6-15-10/h1-7H,8H2,(H,16,17)(H,18,19). The molecule has 6 heteroatoms. The number of carbonyl (C=O) groups is 1. The molecule has 0 amide bonds. The van der Waals surface area contributed by atoms with Gasteiger partial charge < -0.3 is 14.8 Å². The second kappa shape index (κ2) is 5.00. The molecule has 0 fully saturated rings. The van der Waals surface area contributed by atoms with Crippen molar-refractivity contribution in [2.75, 3.05) is 5.32 Å². The zero-order chi connectivity index (χ0) is 13.9. The number of hydrogen-bond acceptors (Lipinski definition) is 5. The van der Waals surface area contributed by atoms with Crippen LogP contribution in [0.25, 0.3) is 11.1 Å². The molecule has 0 atom stereocenters. The highest BCUT2D eigenvalue weighted by atomic mass is 16.4. The van der Waals surface area contributed by atoms with Gasteiger partial charge in [-0.1, -0.05) is 6.07 Å². The fourth-order valence-electron chi connectivity index (χ4n) is 1.80. The smallest absolute Gasteiger partial charge is 0.335 e. The highest BCUT2D eigenvalue weighted by molar-refractivity contribution is 5.92. The first kappa shape index (κ1) is 12.2. The number of carboxylic acid groups (broad SMARTS) is 1. The summed E-state index contributed by atoms with van der Waals surface area (Å²) in [5.74, 6) is -0.994. The van der Waals surface area contributed by atoms with Crippen LogP contribution in [0, 0.1) is 0 Å². The lowest BCUT2D eigenvalue weighted by molar-refractivity contribution is 0.0697. The van der Waals surface area contributed by atoms with Crippen molar-refractivity contribution in [3.8, 4) is 0 Å². The lowest BCUT2D eigenvalue weighted by Gasteiger charge is -1.99. The van der Waals surface area contributed by atoms with Crippen LogP contribution in [-0.4, -0.2) is 21.0 Å². The summed E-state index contributed by atoms with van der Waals surface area (Å²) >= 11 is 0. The van der Waals surface area contributed by atoms with Crippen molar-refractivity contribution < 1.29 is 14.3 Å². The quantitative estimate of drug-likeness (QED) is 0.756. The van der Waals surface area contributed by atoms with Gasteiger partial charge >= 0.3 is 5.97 Å². The fourth-order valence-corrected chi connectivity index (χ4v) is 1.80. The molecule has 0 spiro atoms. The maximum Gasteiger partial charge on any atom is 0.335 e. The molecule has 2 N–H and O–H groups in total. The van der Waals surface area contributed by atoms with Crippen LogP contribution in [0.4, 0.5) is 6.01 Å².